The second-order valence-electron chi connectivity index (χ2n) is 5.54. The van der Waals surface area contributed by atoms with Crippen LogP contribution in [0, 0.1) is 0 Å². The number of benzene rings is 1. The Morgan fingerprint density at radius 2 is 1.74 bits per heavy atom. The third-order valence-corrected chi connectivity index (χ3v) is 4.74. The molecule has 0 bridgehead atoms. The topological polar surface area (TPSA) is 41.3 Å². The molecular weight excluding hydrogens is 281 g/mol. The number of halogens is 2. The largest absolute Gasteiger partial charge is 0.399 e. The highest BCUT2D eigenvalue weighted by Gasteiger charge is 2.35. The summed E-state index contributed by atoms with van der Waals surface area (Å²) < 4.78 is 0. The van der Waals surface area contributed by atoms with Crippen molar-refractivity contribution >= 4 is 34.6 Å². The summed E-state index contributed by atoms with van der Waals surface area (Å²) >= 11 is 12.4. The van der Waals surface area contributed by atoms with Crippen LogP contribution in [0.25, 0.3) is 0 Å². The van der Waals surface area contributed by atoms with Gasteiger partial charge < -0.3 is 16.0 Å². The molecule has 1 aliphatic carbocycles. The first-order valence-corrected chi connectivity index (χ1v) is 7.36. The monoisotopic (exact) mass is 301 g/mol. The fourth-order valence-electron chi connectivity index (χ4n) is 2.83. The molecule has 106 valence electrons. The van der Waals surface area contributed by atoms with Crippen LogP contribution in [0.3, 0.4) is 0 Å². The number of nitrogens with zero attached hydrogens (tertiary/aromatic N) is 1. The van der Waals surface area contributed by atoms with Crippen LogP contribution in [-0.2, 0) is 0 Å². The van der Waals surface area contributed by atoms with Gasteiger partial charge in [0.2, 0.25) is 0 Å². The highest BCUT2D eigenvalue weighted by molar-refractivity contribution is 6.39. The number of rotatable bonds is 4. The molecule has 0 heterocycles. The van der Waals surface area contributed by atoms with E-state index >= 15 is 0 Å². The molecular formula is C14H21Cl2N3. The second-order valence-corrected chi connectivity index (χ2v) is 6.35. The Hall–Kier alpha value is -0.640. The summed E-state index contributed by atoms with van der Waals surface area (Å²) in [6.45, 7) is 0.851. The average molecular weight is 302 g/mol. The van der Waals surface area contributed by atoms with Crippen LogP contribution >= 0.6 is 23.2 Å². The van der Waals surface area contributed by atoms with E-state index in [4.69, 9.17) is 28.9 Å². The van der Waals surface area contributed by atoms with Crippen molar-refractivity contribution < 1.29 is 0 Å². The fraction of sp³-hybridized carbons (Fsp3) is 0.571. The van der Waals surface area contributed by atoms with Gasteiger partial charge in [-0.15, -0.1) is 0 Å². The fourth-order valence-corrected chi connectivity index (χ4v) is 3.47. The lowest BCUT2D eigenvalue weighted by atomic mass is 9.96. The van der Waals surface area contributed by atoms with E-state index in [-0.39, 0.29) is 5.54 Å². The molecule has 5 heteroatoms. The molecule has 2 rings (SSSR count). The zero-order valence-electron chi connectivity index (χ0n) is 11.5. The van der Waals surface area contributed by atoms with Gasteiger partial charge in [-0.05, 0) is 39.1 Å². The maximum atomic E-state index is 6.20. The van der Waals surface area contributed by atoms with Gasteiger partial charge in [-0.25, -0.2) is 0 Å². The van der Waals surface area contributed by atoms with Crippen LogP contribution in [0.5, 0.6) is 0 Å². The molecule has 19 heavy (non-hydrogen) atoms. The van der Waals surface area contributed by atoms with Crippen LogP contribution in [0.15, 0.2) is 12.1 Å². The molecule has 3 nitrogen and oxygen atoms in total. The van der Waals surface area contributed by atoms with Crippen LogP contribution < -0.4 is 11.1 Å². The number of anilines is 2. The molecule has 0 radical (unpaired) electrons. The number of hydrogen-bond donors (Lipinski definition) is 2. The van der Waals surface area contributed by atoms with Crippen molar-refractivity contribution in [1.82, 2.24) is 4.90 Å². The predicted molar refractivity (Wildman–Crippen MR) is 84.3 cm³/mol. The van der Waals surface area contributed by atoms with E-state index in [0.717, 1.165) is 12.2 Å². The van der Waals surface area contributed by atoms with E-state index in [0.29, 0.717) is 15.7 Å². The van der Waals surface area contributed by atoms with Gasteiger partial charge in [0.15, 0.2) is 0 Å². The van der Waals surface area contributed by atoms with Crippen molar-refractivity contribution in [2.75, 3.05) is 31.7 Å². The summed E-state index contributed by atoms with van der Waals surface area (Å²) in [4.78, 5) is 2.31. The molecule has 1 aromatic rings. The lowest BCUT2D eigenvalue weighted by molar-refractivity contribution is 0.172. The molecule has 0 aromatic heterocycles. The van der Waals surface area contributed by atoms with Gasteiger partial charge >= 0.3 is 0 Å². The molecule has 0 spiro atoms. The third-order valence-electron chi connectivity index (χ3n) is 4.14. The van der Waals surface area contributed by atoms with Crippen LogP contribution in [-0.4, -0.2) is 31.1 Å². The molecule has 0 amide bonds. The Kier molecular flexibility index (Phi) is 4.49. The van der Waals surface area contributed by atoms with Crippen LogP contribution in [0.4, 0.5) is 11.4 Å². The normalized spacial score (nSPS) is 17.9. The van der Waals surface area contributed by atoms with E-state index in [1.165, 1.54) is 25.7 Å². The molecule has 1 saturated carbocycles. The quantitative estimate of drug-likeness (QED) is 0.830. The first kappa shape index (κ1) is 14.8. The number of nitrogens with one attached hydrogen (secondary N) is 1. The van der Waals surface area contributed by atoms with Gasteiger partial charge in [0.25, 0.3) is 0 Å². The standard InChI is InChI=1S/C14H21Cl2N3/c1-19(2)14(5-3-4-6-14)9-18-13-11(15)7-10(17)8-12(13)16/h7-8,18H,3-6,9,17H2,1-2H3. The molecule has 0 atom stereocenters. The van der Waals surface area contributed by atoms with Gasteiger partial charge in [-0.3, -0.25) is 0 Å². The molecule has 1 fully saturated rings. The van der Waals surface area contributed by atoms with Crippen molar-refractivity contribution in [1.29, 1.82) is 0 Å². The summed E-state index contributed by atoms with van der Waals surface area (Å²) in [5, 5.41) is 4.57. The predicted octanol–water partition coefficient (Wildman–Crippen LogP) is 3.86. The van der Waals surface area contributed by atoms with Crippen LogP contribution in [0.2, 0.25) is 10.0 Å². The molecule has 3 N–H and O–H groups in total. The van der Waals surface area contributed by atoms with E-state index in [1.54, 1.807) is 12.1 Å². The van der Waals surface area contributed by atoms with Gasteiger partial charge in [0, 0.05) is 17.8 Å². The highest BCUT2D eigenvalue weighted by Crippen LogP contribution is 2.37. The van der Waals surface area contributed by atoms with E-state index in [2.05, 4.69) is 24.3 Å². The molecule has 1 aromatic carbocycles. The number of nitrogen functional groups attached to an aromatic ring is 1. The molecule has 1 aliphatic rings. The lowest BCUT2D eigenvalue weighted by Gasteiger charge is -2.37. The van der Waals surface area contributed by atoms with Crippen molar-refractivity contribution in [2.24, 2.45) is 0 Å². The lowest BCUT2D eigenvalue weighted by Crippen LogP contribution is -2.47. The van der Waals surface area contributed by atoms with E-state index < -0.39 is 0 Å². The Labute approximate surface area is 125 Å². The van der Waals surface area contributed by atoms with E-state index in [9.17, 15) is 0 Å². The molecule has 0 aliphatic heterocycles. The second kappa shape index (κ2) is 5.78. The Morgan fingerprint density at radius 1 is 1.21 bits per heavy atom. The minimum absolute atomic E-state index is 0.202. The van der Waals surface area contributed by atoms with Crippen molar-refractivity contribution in [3.05, 3.63) is 22.2 Å². The van der Waals surface area contributed by atoms with Gasteiger partial charge in [-0.1, -0.05) is 36.0 Å². The Bertz CT molecular complexity index is 431. The summed E-state index contributed by atoms with van der Waals surface area (Å²) in [5.41, 5.74) is 7.29. The van der Waals surface area contributed by atoms with E-state index in [1.807, 2.05) is 0 Å². The maximum absolute atomic E-state index is 6.20. The summed E-state index contributed by atoms with van der Waals surface area (Å²) in [7, 11) is 4.28. The van der Waals surface area contributed by atoms with Crippen LogP contribution in [0.1, 0.15) is 25.7 Å². The zero-order chi connectivity index (χ0) is 14.0. The maximum Gasteiger partial charge on any atom is 0.0721 e. The minimum Gasteiger partial charge on any atom is -0.399 e. The Balaban J connectivity index is 2.14. The smallest absolute Gasteiger partial charge is 0.0721 e. The third kappa shape index (κ3) is 3.10. The Morgan fingerprint density at radius 3 is 2.21 bits per heavy atom. The van der Waals surface area contributed by atoms with Gasteiger partial charge in [-0.2, -0.15) is 0 Å². The first-order chi connectivity index (χ1) is 8.94. The molecule has 0 saturated heterocycles. The average Bonchev–Trinajstić information content (AvgIpc) is 2.77. The SMILES string of the molecule is CN(C)C1(CNc2c(Cl)cc(N)cc2Cl)CCCC1. The number of hydrogen-bond acceptors (Lipinski definition) is 3. The number of nitrogens with two attached hydrogens (primary N) is 1. The summed E-state index contributed by atoms with van der Waals surface area (Å²) in [6, 6.07) is 3.46. The first-order valence-electron chi connectivity index (χ1n) is 6.60. The zero-order valence-corrected chi connectivity index (χ0v) is 13.0. The minimum atomic E-state index is 0.202. The summed E-state index contributed by atoms with van der Waals surface area (Å²) in [5.74, 6) is 0. The van der Waals surface area contributed by atoms with Gasteiger partial charge in [0.1, 0.15) is 0 Å². The van der Waals surface area contributed by atoms with Crippen molar-refractivity contribution in [2.45, 2.75) is 31.2 Å². The summed E-state index contributed by atoms with van der Waals surface area (Å²) in [6.07, 6.45) is 4.97. The molecule has 0 unspecified atom stereocenters. The van der Waals surface area contributed by atoms with Gasteiger partial charge in [0.05, 0.1) is 15.7 Å². The highest BCUT2D eigenvalue weighted by atomic mass is 35.5. The number of likely N-dealkylation sites (N-methyl/N-ethyl adjacent to an activating group) is 1. The van der Waals surface area contributed by atoms with Crippen molar-refractivity contribution in [3.8, 4) is 0 Å². The van der Waals surface area contributed by atoms with Crippen molar-refractivity contribution in [3.63, 3.8) is 0 Å².